The molecule has 0 aliphatic rings. The van der Waals surface area contributed by atoms with Crippen LogP contribution in [0.25, 0.3) is 0 Å². The van der Waals surface area contributed by atoms with Gasteiger partial charge in [0.05, 0.1) is 17.8 Å². The van der Waals surface area contributed by atoms with Crippen molar-refractivity contribution in [2.24, 2.45) is 0 Å². The van der Waals surface area contributed by atoms with Gasteiger partial charge >= 0.3 is 0 Å². The summed E-state index contributed by atoms with van der Waals surface area (Å²) in [5.74, 6) is -0.00216. The first-order valence-corrected chi connectivity index (χ1v) is 7.84. The summed E-state index contributed by atoms with van der Waals surface area (Å²) < 4.78 is 45.6. The SMILES string of the molecule is Cc1c(F)cc(CO)cc1S(=O)(=O)NCCc1ccco1. The van der Waals surface area contributed by atoms with Gasteiger partial charge in [-0.15, -0.1) is 0 Å². The number of hydrogen-bond donors (Lipinski definition) is 2. The smallest absolute Gasteiger partial charge is 0.240 e. The van der Waals surface area contributed by atoms with Gasteiger partial charge in [0.1, 0.15) is 11.6 Å². The monoisotopic (exact) mass is 313 g/mol. The molecule has 0 aliphatic heterocycles. The molecule has 0 radical (unpaired) electrons. The van der Waals surface area contributed by atoms with Gasteiger partial charge in [0, 0.05) is 18.5 Å². The zero-order valence-electron chi connectivity index (χ0n) is 11.5. The lowest BCUT2D eigenvalue weighted by atomic mass is 10.1. The number of hydrogen-bond acceptors (Lipinski definition) is 4. The summed E-state index contributed by atoms with van der Waals surface area (Å²) in [6.45, 7) is 1.10. The predicted molar refractivity (Wildman–Crippen MR) is 74.7 cm³/mol. The number of aliphatic hydroxyl groups is 1. The van der Waals surface area contributed by atoms with Crippen molar-refractivity contribution in [3.63, 3.8) is 0 Å². The first-order valence-electron chi connectivity index (χ1n) is 6.36. The van der Waals surface area contributed by atoms with E-state index in [1.807, 2.05) is 0 Å². The van der Waals surface area contributed by atoms with E-state index in [9.17, 15) is 12.8 Å². The summed E-state index contributed by atoms with van der Waals surface area (Å²) in [6, 6.07) is 5.85. The maximum atomic E-state index is 13.7. The van der Waals surface area contributed by atoms with E-state index in [1.54, 1.807) is 12.1 Å². The molecule has 0 fully saturated rings. The van der Waals surface area contributed by atoms with E-state index < -0.39 is 22.4 Å². The molecule has 114 valence electrons. The lowest BCUT2D eigenvalue weighted by molar-refractivity contribution is 0.281. The molecule has 0 spiro atoms. The van der Waals surface area contributed by atoms with Crippen molar-refractivity contribution in [2.75, 3.05) is 6.54 Å². The minimum absolute atomic E-state index is 0.0256. The van der Waals surface area contributed by atoms with Crippen LogP contribution in [0.1, 0.15) is 16.9 Å². The molecule has 21 heavy (non-hydrogen) atoms. The number of sulfonamides is 1. The fourth-order valence-electron chi connectivity index (χ4n) is 1.92. The van der Waals surface area contributed by atoms with Gasteiger partial charge in [0.2, 0.25) is 10.0 Å². The average molecular weight is 313 g/mol. The minimum Gasteiger partial charge on any atom is -0.469 e. The molecule has 0 atom stereocenters. The molecule has 0 amide bonds. The second kappa shape index (κ2) is 6.38. The molecule has 2 N–H and O–H groups in total. The van der Waals surface area contributed by atoms with Gasteiger partial charge < -0.3 is 9.52 Å². The van der Waals surface area contributed by atoms with Gasteiger partial charge in [-0.25, -0.2) is 17.5 Å². The summed E-state index contributed by atoms with van der Waals surface area (Å²) in [4.78, 5) is -0.161. The highest BCUT2D eigenvalue weighted by Crippen LogP contribution is 2.20. The van der Waals surface area contributed by atoms with E-state index in [4.69, 9.17) is 9.52 Å². The Labute approximate surface area is 122 Å². The fraction of sp³-hybridized carbons (Fsp3) is 0.286. The first kappa shape index (κ1) is 15.7. The van der Waals surface area contributed by atoms with Crippen LogP contribution in [-0.4, -0.2) is 20.1 Å². The van der Waals surface area contributed by atoms with Crippen LogP contribution in [0.4, 0.5) is 4.39 Å². The number of nitrogens with one attached hydrogen (secondary N) is 1. The van der Waals surface area contributed by atoms with Crippen molar-refractivity contribution in [1.82, 2.24) is 4.72 Å². The number of rotatable bonds is 6. The summed E-state index contributed by atoms with van der Waals surface area (Å²) in [7, 11) is -3.84. The topological polar surface area (TPSA) is 79.5 Å². The molecule has 5 nitrogen and oxygen atoms in total. The van der Waals surface area contributed by atoms with Gasteiger partial charge in [0.25, 0.3) is 0 Å². The molecular weight excluding hydrogens is 297 g/mol. The van der Waals surface area contributed by atoms with Crippen LogP contribution in [-0.2, 0) is 23.1 Å². The van der Waals surface area contributed by atoms with E-state index in [-0.39, 0.29) is 22.6 Å². The largest absolute Gasteiger partial charge is 0.469 e. The Balaban J connectivity index is 2.17. The molecule has 1 aromatic carbocycles. The molecule has 2 rings (SSSR count). The van der Waals surface area contributed by atoms with E-state index in [1.165, 1.54) is 19.3 Å². The van der Waals surface area contributed by atoms with E-state index in [0.29, 0.717) is 12.2 Å². The lowest BCUT2D eigenvalue weighted by Gasteiger charge is -2.11. The summed E-state index contributed by atoms with van der Waals surface area (Å²) in [6.07, 6.45) is 1.90. The predicted octanol–water partition coefficient (Wildman–Crippen LogP) is 1.74. The third-order valence-corrected chi connectivity index (χ3v) is 4.66. The van der Waals surface area contributed by atoms with Crippen LogP contribution in [0.2, 0.25) is 0 Å². The van der Waals surface area contributed by atoms with Gasteiger partial charge in [-0.05, 0) is 36.8 Å². The highest BCUT2D eigenvalue weighted by Gasteiger charge is 2.19. The Morgan fingerprint density at radius 3 is 2.76 bits per heavy atom. The lowest BCUT2D eigenvalue weighted by Crippen LogP contribution is -2.27. The quantitative estimate of drug-likeness (QED) is 0.851. The highest BCUT2D eigenvalue weighted by atomic mass is 32.2. The number of furan rings is 1. The van der Waals surface area contributed by atoms with Crippen molar-refractivity contribution in [2.45, 2.75) is 24.8 Å². The van der Waals surface area contributed by atoms with Gasteiger partial charge in [0.15, 0.2) is 0 Å². The molecule has 1 heterocycles. The Morgan fingerprint density at radius 1 is 1.38 bits per heavy atom. The Bertz CT molecular complexity index is 711. The van der Waals surface area contributed by atoms with Crippen LogP contribution in [0.15, 0.2) is 39.8 Å². The van der Waals surface area contributed by atoms with Crippen LogP contribution < -0.4 is 4.72 Å². The van der Waals surface area contributed by atoms with E-state index in [2.05, 4.69) is 4.72 Å². The average Bonchev–Trinajstić information content (AvgIpc) is 2.94. The van der Waals surface area contributed by atoms with Gasteiger partial charge in [-0.3, -0.25) is 0 Å². The zero-order chi connectivity index (χ0) is 15.5. The summed E-state index contributed by atoms with van der Waals surface area (Å²) in [5.41, 5.74) is 0.238. The van der Waals surface area contributed by atoms with Crippen LogP contribution in [0, 0.1) is 12.7 Å². The zero-order valence-corrected chi connectivity index (χ0v) is 12.3. The normalized spacial score (nSPS) is 11.8. The number of halogens is 1. The molecule has 1 aromatic heterocycles. The Morgan fingerprint density at radius 2 is 2.14 bits per heavy atom. The Hall–Kier alpha value is -1.70. The van der Waals surface area contributed by atoms with Crippen molar-refractivity contribution < 1.29 is 22.3 Å². The second-order valence-electron chi connectivity index (χ2n) is 4.59. The van der Waals surface area contributed by atoms with Crippen LogP contribution in [0.3, 0.4) is 0 Å². The molecule has 0 saturated heterocycles. The molecule has 0 saturated carbocycles. The second-order valence-corrected chi connectivity index (χ2v) is 6.32. The van der Waals surface area contributed by atoms with Crippen molar-refractivity contribution in [3.8, 4) is 0 Å². The molecule has 0 aliphatic carbocycles. The molecule has 7 heteroatoms. The highest BCUT2D eigenvalue weighted by molar-refractivity contribution is 7.89. The first-order chi connectivity index (χ1) is 9.94. The molecule has 0 unspecified atom stereocenters. The van der Waals surface area contributed by atoms with Gasteiger partial charge in [-0.2, -0.15) is 0 Å². The van der Waals surface area contributed by atoms with Crippen molar-refractivity contribution in [1.29, 1.82) is 0 Å². The summed E-state index contributed by atoms with van der Waals surface area (Å²) >= 11 is 0. The summed E-state index contributed by atoms with van der Waals surface area (Å²) in [5, 5.41) is 9.05. The maximum Gasteiger partial charge on any atom is 0.240 e. The minimum atomic E-state index is -3.84. The third-order valence-electron chi connectivity index (χ3n) is 3.07. The molecule has 0 bridgehead atoms. The van der Waals surface area contributed by atoms with E-state index >= 15 is 0 Å². The Kier molecular flexibility index (Phi) is 4.76. The standard InChI is InChI=1S/C14H16FNO4S/c1-10-13(15)7-11(9-17)8-14(10)21(18,19)16-5-4-12-3-2-6-20-12/h2-3,6-8,16-17H,4-5,9H2,1H3. The van der Waals surface area contributed by atoms with Crippen molar-refractivity contribution in [3.05, 3.63) is 53.2 Å². The number of benzene rings is 1. The maximum absolute atomic E-state index is 13.7. The third kappa shape index (κ3) is 3.69. The number of aliphatic hydroxyl groups excluding tert-OH is 1. The fourth-order valence-corrected chi connectivity index (χ4v) is 3.25. The van der Waals surface area contributed by atoms with Crippen LogP contribution >= 0.6 is 0 Å². The van der Waals surface area contributed by atoms with Gasteiger partial charge in [-0.1, -0.05) is 0 Å². The van der Waals surface area contributed by atoms with Crippen molar-refractivity contribution >= 4 is 10.0 Å². The molecular formula is C14H16FNO4S. The van der Waals surface area contributed by atoms with Crippen LogP contribution in [0.5, 0.6) is 0 Å². The molecule has 2 aromatic rings. The van der Waals surface area contributed by atoms with E-state index in [0.717, 1.165) is 6.07 Å².